The van der Waals surface area contributed by atoms with Crippen LogP contribution < -0.4 is 5.32 Å². The smallest absolute Gasteiger partial charge is 0.118 e. The lowest BCUT2D eigenvalue weighted by atomic mass is 10.2. The second kappa shape index (κ2) is 7.07. The summed E-state index contributed by atoms with van der Waals surface area (Å²) in [6, 6.07) is 10.6. The summed E-state index contributed by atoms with van der Waals surface area (Å²) in [6.07, 6.45) is 0. The lowest BCUT2D eigenvalue weighted by Crippen LogP contribution is -2.16. The fourth-order valence-corrected chi connectivity index (χ4v) is 2.52. The molecule has 0 aliphatic rings. The number of hydrogen-bond acceptors (Lipinski definition) is 3. The average molecular weight is 337 g/mol. The van der Waals surface area contributed by atoms with Gasteiger partial charge < -0.3 is 9.73 Å². The van der Waals surface area contributed by atoms with Gasteiger partial charge in [0, 0.05) is 23.1 Å². The van der Waals surface area contributed by atoms with Crippen LogP contribution in [0, 0.1) is 6.92 Å². The molecule has 0 unspecified atom stereocenters. The lowest BCUT2D eigenvalue weighted by molar-refractivity contribution is 0.285. The van der Waals surface area contributed by atoms with Gasteiger partial charge in [-0.25, -0.2) is 0 Å². The Balaban J connectivity index is 1.95. The molecule has 1 aromatic heterocycles. The van der Waals surface area contributed by atoms with Crippen molar-refractivity contribution in [2.75, 3.05) is 14.1 Å². The standard InChI is InChI=1S/C16H21BrN2O/c1-12-14(9-18-2)8-16(20-12)11-19(3)10-13-4-6-15(17)7-5-13/h4-8,18H,9-11H2,1-3H3. The highest BCUT2D eigenvalue weighted by atomic mass is 79.9. The van der Waals surface area contributed by atoms with E-state index in [0.717, 1.165) is 35.6 Å². The van der Waals surface area contributed by atoms with Crippen LogP contribution in [0.25, 0.3) is 0 Å². The molecule has 3 nitrogen and oxygen atoms in total. The van der Waals surface area contributed by atoms with E-state index in [4.69, 9.17) is 4.42 Å². The molecule has 2 rings (SSSR count). The number of nitrogens with zero attached hydrogens (tertiary/aromatic N) is 1. The number of halogens is 1. The first-order valence-corrected chi connectivity index (χ1v) is 7.53. The van der Waals surface area contributed by atoms with Crippen molar-refractivity contribution in [1.29, 1.82) is 0 Å². The normalized spacial score (nSPS) is 11.2. The van der Waals surface area contributed by atoms with Crippen LogP contribution in [0.4, 0.5) is 0 Å². The summed E-state index contributed by atoms with van der Waals surface area (Å²) in [7, 11) is 4.06. The molecule has 0 aliphatic carbocycles. The van der Waals surface area contributed by atoms with Crippen LogP contribution in [0.5, 0.6) is 0 Å². The molecule has 0 saturated heterocycles. The van der Waals surface area contributed by atoms with E-state index in [-0.39, 0.29) is 0 Å². The molecule has 0 atom stereocenters. The molecule has 0 radical (unpaired) electrons. The summed E-state index contributed by atoms with van der Waals surface area (Å²) in [5, 5.41) is 3.16. The molecule has 1 aromatic carbocycles. The summed E-state index contributed by atoms with van der Waals surface area (Å²) >= 11 is 3.46. The highest BCUT2D eigenvalue weighted by molar-refractivity contribution is 9.10. The minimum absolute atomic E-state index is 0.820. The molecular formula is C16H21BrN2O. The van der Waals surface area contributed by atoms with E-state index in [1.807, 2.05) is 14.0 Å². The van der Waals surface area contributed by atoms with E-state index >= 15 is 0 Å². The third-order valence-electron chi connectivity index (χ3n) is 3.23. The zero-order valence-corrected chi connectivity index (χ0v) is 13.8. The van der Waals surface area contributed by atoms with Crippen LogP contribution in [-0.4, -0.2) is 19.0 Å². The molecule has 0 spiro atoms. The minimum atomic E-state index is 0.820. The molecule has 0 saturated carbocycles. The first-order valence-electron chi connectivity index (χ1n) is 6.74. The SMILES string of the molecule is CNCc1cc(CN(C)Cc2ccc(Br)cc2)oc1C. The molecule has 0 amide bonds. The Morgan fingerprint density at radius 2 is 1.90 bits per heavy atom. The second-order valence-electron chi connectivity index (χ2n) is 5.12. The van der Waals surface area contributed by atoms with Crippen molar-refractivity contribution >= 4 is 15.9 Å². The molecule has 0 fully saturated rings. The third-order valence-corrected chi connectivity index (χ3v) is 3.76. The molecule has 0 aliphatic heterocycles. The zero-order valence-electron chi connectivity index (χ0n) is 12.2. The van der Waals surface area contributed by atoms with Crippen molar-refractivity contribution in [3.8, 4) is 0 Å². The van der Waals surface area contributed by atoms with Crippen LogP contribution in [0.3, 0.4) is 0 Å². The van der Waals surface area contributed by atoms with E-state index in [1.165, 1.54) is 11.1 Å². The van der Waals surface area contributed by atoms with Crippen molar-refractivity contribution in [3.63, 3.8) is 0 Å². The predicted octanol–water partition coefficient (Wildman–Crippen LogP) is 3.70. The number of hydrogen-bond donors (Lipinski definition) is 1. The Kier molecular flexibility index (Phi) is 5.40. The molecule has 20 heavy (non-hydrogen) atoms. The molecule has 1 N–H and O–H groups in total. The molecule has 1 heterocycles. The quantitative estimate of drug-likeness (QED) is 0.871. The Bertz CT molecular complexity index is 548. The monoisotopic (exact) mass is 336 g/mol. The summed E-state index contributed by atoms with van der Waals surface area (Å²) in [5.74, 6) is 2.03. The van der Waals surface area contributed by atoms with E-state index in [2.05, 4.69) is 63.5 Å². The molecule has 108 valence electrons. The predicted molar refractivity (Wildman–Crippen MR) is 85.5 cm³/mol. The maximum absolute atomic E-state index is 5.81. The van der Waals surface area contributed by atoms with Gasteiger partial charge in [0.2, 0.25) is 0 Å². The van der Waals surface area contributed by atoms with E-state index < -0.39 is 0 Å². The number of nitrogens with one attached hydrogen (secondary N) is 1. The summed E-state index contributed by atoms with van der Waals surface area (Å²) in [5.41, 5.74) is 2.54. The summed E-state index contributed by atoms with van der Waals surface area (Å²) in [4.78, 5) is 2.25. The van der Waals surface area contributed by atoms with Crippen molar-refractivity contribution in [1.82, 2.24) is 10.2 Å². The highest BCUT2D eigenvalue weighted by Crippen LogP contribution is 2.17. The molecule has 2 aromatic rings. The highest BCUT2D eigenvalue weighted by Gasteiger charge is 2.09. The van der Waals surface area contributed by atoms with Gasteiger partial charge >= 0.3 is 0 Å². The third kappa shape index (κ3) is 4.20. The summed E-state index contributed by atoms with van der Waals surface area (Å²) in [6.45, 7) is 4.60. The van der Waals surface area contributed by atoms with Gasteiger partial charge in [-0.3, -0.25) is 4.90 Å². The molecular weight excluding hydrogens is 316 g/mol. The number of furan rings is 1. The second-order valence-corrected chi connectivity index (χ2v) is 6.04. The van der Waals surface area contributed by atoms with Crippen molar-refractivity contribution in [2.45, 2.75) is 26.6 Å². The van der Waals surface area contributed by atoms with Gasteiger partial charge in [0.05, 0.1) is 6.54 Å². The fraction of sp³-hybridized carbons (Fsp3) is 0.375. The van der Waals surface area contributed by atoms with Gasteiger partial charge in [-0.1, -0.05) is 28.1 Å². The summed E-state index contributed by atoms with van der Waals surface area (Å²) < 4.78 is 6.92. The molecule has 4 heteroatoms. The van der Waals surface area contributed by atoms with Gasteiger partial charge in [-0.05, 0) is 44.8 Å². The minimum Gasteiger partial charge on any atom is -0.465 e. The Labute approximate surface area is 129 Å². The van der Waals surface area contributed by atoms with E-state index in [9.17, 15) is 0 Å². The van der Waals surface area contributed by atoms with Gasteiger partial charge in [0.15, 0.2) is 0 Å². The average Bonchev–Trinajstić information content (AvgIpc) is 2.73. The van der Waals surface area contributed by atoms with Gasteiger partial charge in [-0.15, -0.1) is 0 Å². The topological polar surface area (TPSA) is 28.4 Å². The first-order chi connectivity index (χ1) is 9.58. The molecule has 0 bridgehead atoms. The van der Waals surface area contributed by atoms with Gasteiger partial charge in [-0.2, -0.15) is 0 Å². The van der Waals surface area contributed by atoms with E-state index in [0.29, 0.717) is 0 Å². The van der Waals surface area contributed by atoms with Gasteiger partial charge in [0.25, 0.3) is 0 Å². The number of rotatable bonds is 6. The van der Waals surface area contributed by atoms with Crippen LogP contribution in [0.15, 0.2) is 39.2 Å². The van der Waals surface area contributed by atoms with Gasteiger partial charge in [0.1, 0.15) is 11.5 Å². The van der Waals surface area contributed by atoms with Crippen molar-refractivity contribution in [2.24, 2.45) is 0 Å². The van der Waals surface area contributed by atoms with Crippen LogP contribution in [0.2, 0.25) is 0 Å². The van der Waals surface area contributed by atoms with E-state index in [1.54, 1.807) is 0 Å². The van der Waals surface area contributed by atoms with Crippen molar-refractivity contribution < 1.29 is 4.42 Å². The first kappa shape index (κ1) is 15.3. The Morgan fingerprint density at radius 3 is 2.55 bits per heavy atom. The van der Waals surface area contributed by atoms with Crippen LogP contribution in [-0.2, 0) is 19.6 Å². The largest absolute Gasteiger partial charge is 0.465 e. The maximum Gasteiger partial charge on any atom is 0.118 e. The van der Waals surface area contributed by atoms with Crippen LogP contribution >= 0.6 is 15.9 Å². The zero-order chi connectivity index (χ0) is 14.5. The van der Waals surface area contributed by atoms with Crippen molar-refractivity contribution in [3.05, 3.63) is 57.5 Å². The number of benzene rings is 1. The lowest BCUT2D eigenvalue weighted by Gasteiger charge is -2.15. The Hall–Kier alpha value is -1.10. The maximum atomic E-state index is 5.81. The Morgan fingerprint density at radius 1 is 1.20 bits per heavy atom. The van der Waals surface area contributed by atoms with Crippen LogP contribution in [0.1, 0.15) is 22.6 Å². The fourth-order valence-electron chi connectivity index (χ4n) is 2.25. The number of aryl methyl sites for hydroxylation is 1.